The molecule has 3 nitrogen and oxygen atoms in total. The Kier molecular flexibility index (Phi) is 3.79. The summed E-state index contributed by atoms with van der Waals surface area (Å²) in [4.78, 5) is 2.61. The summed E-state index contributed by atoms with van der Waals surface area (Å²) in [7, 11) is 4.04. The van der Waals surface area contributed by atoms with E-state index in [0.29, 0.717) is 6.04 Å². The summed E-state index contributed by atoms with van der Waals surface area (Å²) < 4.78 is 7.89. The van der Waals surface area contributed by atoms with E-state index in [4.69, 9.17) is 4.74 Å². The van der Waals surface area contributed by atoms with E-state index >= 15 is 0 Å². The van der Waals surface area contributed by atoms with Gasteiger partial charge in [0.15, 0.2) is 0 Å². The number of rotatable bonds is 4. The van der Waals surface area contributed by atoms with Crippen LogP contribution in [-0.4, -0.2) is 29.7 Å². The van der Waals surface area contributed by atoms with Gasteiger partial charge in [0.25, 0.3) is 0 Å². The van der Waals surface area contributed by atoms with Gasteiger partial charge in [-0.15, -0.1) is 0 Å². The molecular weight excluding hydrogens is 320 g/mol. The molecule has 3 heteroatoms. The molecule has 5 rings (SSSR count). The van der Waals surface area contributed by atoms with Gasteiger partial charge in [0.2, 0.25) is 0 Å². The maximum Gasteiger partial charge on any atom is 0.118 e. The molecule has 0 saturated carbocycles. The van der Waals surface area contributed by atoms with Gasteiger partial charge in [0, 0.05) is 41.6 Å². The number of methoxy groups -OCH3 is 1. The lowest BCUT2D eigenvalue weighted by Gasteiger charge is -2.32. The van der Waals surface area contributed by atoms with Crippen molar-refractivity contribution in [1.29, 1.82) is 0 Å². The van der Waals surface area contributed by atoms with Crippen molar-refractivity contribution in [3.8, 4) is 5.75 Å². The lowest BCUT2D eigenvalue weighted by molar-refractivity contribution is 0.222. The summed E-state index contributed by atoms with van der Waals surface area (Å²) in [5.41, 5.74) is 5.97. The fourth-order valence-corrected chi connectivity index (χ4v) is 5.09. The number of likely N-dealkylation sites (N-methyl/N-ethyl adjacent to an activating group) is 1. The van der Waals surface area contributed by atoms with Gasteiger partial charge in [-0.1, -0.05) is 30.3 Å². The van der Waals surface area contributed by atoms with Gasteiger partial charge in [-0.05, 0) is 55.6 Å². The van der Waals surface area contributed by atoms with Crippen molar-refractivity contribution in [2.75, 3.05) is 14.2 Å². The van der Waals surface area contributed by atoms with Crippen molar-refractivity contribution < 1.29 is 4.74 Å². The number of nitrogens with zero attached hydrogens (tertiary/aromatic N) is 2. The minimum Gasteiger partial charge on any atom is -0.497 e. The Bertz CT molecular complexity index is 941. The molecule has 2 aliphatic rings. The van der Waals surface area contributed by atoms with Crippen LogP contribution >= 0.6 is 0 Å². The third kappa shape index (κ3) is 2.38. The second-order valence-corrected chi connectivity index (χ2v) is 7.74. The molecule has 134 valence electrons. The predicted molar refractivity (Wildman–Crippen MR) is 106 cm³/mol. The van der Waals surface area contributed by atoms with Crippen LogP contribution in [0.2, 0.25) is 0 Å². The molecule has 2 unspecified atom stereocenters. The smallest absolute Gasteiger partial charge is 0.118 e. The first-order valence-electron chi connectivity index (χ1n) is 9.71. The highest BCUT2D eigenvalue weighted by molar-refractivity contribution is 5.86. The Balaban J connectivity index is 1.53. The lowest BCUT2D eigenvalue weighted by Crippen LogP contribution is -2.34. The Labute approximate surface area is 155 Å². The van der Waals surface area contributed by atoms with Crippen LogP contribution in [0.4, 0.5) is 0 Å². The first kappa shape index (κ1) is 16.0. The van der Waals surface area contributed by atoms with Gasteiger partial charge >= 0.3 is 0 Å². The van der Waals surface area contributed by atoms with Crippen molar-refractivity contribution in [3.63, 3.8) is 0 Å². The van der Waals surface area contributed by atoms with E-state index in [-0.39, 0.29) is 0 Å². The van der Waals surface area contributed by atoms with Gasteiger partial charge in [-0.2, -0.15) is 0 Å². The van der Waals surface area contributed by atoms with E-state index in [9.17, 15) is 0 Å². The first-order chi connectivity index (χ1) is 12.8. The SMILES string of the molecule is COc1ccc(CCn2c3c(c4ccccc42)C2CCC(C3)N2C)cc1. The Morgan fingerprint density at radius 3 is 2.65 bits per heavy atom. The molecule has 3 aromatic rings. The van der Waals surface area contributed by atoms with E-state index < -0.39 is 0 Å². The molecule has 3 heterocycles. The zero-order chi connectivity index (χ0) is 17.7. The summed E-state index contributed by atoms with van der Waals surface area (Å²) in [5.74, 6) is 0.928. The number of hydrogen-bond donors (Lipinski definition) is 0. The second-order valence-electron chi connectivity index (χ2n) is 7.74. The average Bonchev–Trinajstić information content (AvgIpc) is 3.10. The second kappa shape index (κ2) is 6.17. The topological polar surface area (TPSA) is 17.4 Å². The zero-order valence-corrected chi connectivity index (χ0v) is 15.6. The van der Waals surface area contributed by atoms with Gasteiger partial charge in [0.05, 0.1) is 7.11 Å². The molecule has 0 spiro atoms. The molecule has 1 fully saturated rings. The molecular formula is C23H26N2O. The summed E-state index contributed by atoms with van der Waals surface area (Å²) >= 11 is 0. The highest BCUT2D eigenvalue weighted by atomic mass is 16.5. The minimum atomic E-state index is 0.607. The van der Waals surface area contributed by atoms with Crippen molar-refractivity contribution in [3.05, 3.63) is 65.4 Å². The van der Waals surface area contributed by atoms with Crippen LogP contribution in [0.15, 0.2) is 48.5 Å². The Hall–Kier alpha value is -2.26. The largest absolute Gasteiger partial charge is 0.497 e. The van der Waals surface area contributed by atoms with Crippen molar-refractivity contribution in [2.45, 2.75) is 44.3 Å². The lowest BCUT2D eigenvalue weighted by atomic mass is 9.97. The monoisotopic (exact) mass is 346 g/mol. The standard InChI is InChI=1S/C23H26N2O/c1-24-17-9-12-21(24)23-19-5-3-4-6-20(19)25(22(23)15-17)14-13-16-7-10-18(26-2)11-8-16/h3-8,10-11,17,21H,9,12-15H2,1-2H3. The number of para-hydroxylation sites is 1. The van der Waals surface area contributed by atoms with E-state index in [1.807, 2.05) is 0 Å². The van der Waals surface area contributed by atoms with Crippen LogP contribution < -0.4 is 4.74 Å². The van der Waals surface area contributed by atoms with Crippen LogP contribution in [0.1, 0.15) is 35.7 Å². The van der Waals surface area contributed by atoms with Crippen LogP contribution in [0, 0.1) is 0 Å². The van der Waals surface area contributed by atoms with E-state index in [1.165, 1.54) is 35.7 Å². The molecule has 26 heavy (non-hydrogen) atoms. The molecule has 0 N–H and O–H groups in total. The van der Waals surface area contributed by atoms with Gasteiger partial charge in [-0.3, -0.25) is 4.90 Å². The van der Waals surface area contributed by atoms with Crippen LogP contribution in [0.25, 0.3) is 10.9 Å². The Morgan fingerprint density at radius 1 is 1.04 bits per heavy atom. The van der Waals surface area contributed by atoms with E-state index in [2.05, 4.69) is 65.0 Å². The molecule has 0 amide bonds. The molecule has 2 aliphatic heterocycles. The highest BCUT2D eigenvalue weighted by Gasteiger charge is 2.40. The summed E-state index contributed by atoms with van der Waals surface area (Å²) in [6, 6.07) is 18.8. The molecule has 0 aliphatic carbocycles. The summed E-state index contributed by atoms with van der Waals surface area (Å²) in [6.45, 7) is 1.05. The molecule has 2 aromatic carbocycles. The van der Waals surface area contributed by atoms with Crippen molar-refractivity contribution in [2.24, 2.45) is 0 Å². The van der Waals surface area contributed by atoms with Gasteiger partial charge < -0.3 is 9.30 Å². The van der Waals surface area contributed by atoms with Gasteiger partial charge in [-0.25, -0.2) is 0 Å². The number of benzene rings is 2. The third-order valence-electron chi connectivity index (χ3n) is 6.51. The summed E-state index contributed by atoms with van der Waals surface area (Å²) in [6.07, 6.45) is 4.89. The molecule has 1 aromatic heterocycles. The number of aryl methyl sites for hydroxylation is 2. The number of aromatic nitrogens is 1. The van der Waals surface area contributed by atoms with Crippen LogP contribution in [0.5, 0.6) is 5.75 Å². The first-order valence-corrected chi connectivity index (χ1v) is 9.71. The molecule has 1 saturated heterocycles. The zero-order valence-electron chi connectivity index (χ0n) is 15.6. The molecule has 2 atom stereocenters. The normalized spacial score (nSPS) is 21.9. The average molecular weight is 346 g/mol. The van der Waals surface area contributed by atoms with Crippen LogP contribution in [-0.2, 0) is 19.4 Å². The fourth-order valence-electron chi connectivity index (χ4n) is 5.09. The number of fused-ring (bicyclic) bond motifs is 6. The quantitative estimate of drug-likeness (QED) is 0.688. The maximum absolute atomic E-state index is 5.28. The van der Waals surface area contributed by atoms with E-state index in [0.717, 1.165) is 24.8 Å². The summed E-state index contributed by atoms with van der Waals surface area (Å²) in [5, 5.41) is 1.47. The molecule has 2 bridgehead atoms. The minimum absolute atomic E-state index is 0.607. The van der Waals surface area contributed by atoms with Crippen molar-refractivity contribution in [1.82, 2.24) is 9.47 Å². The van der Waals surface area contributed by atoms with E-state index in [1.54, 1.807) is 18.4 Å². The third-order valence-corrected chi connectivity index (χ3v) is 6.51. The predicted octanol–water partition coefficient (Wildman–Crippen LogP) is 4.58. The highest BCUT2D eigenvalue weighted by Crippen LogP contribution is 2.46. The Morgan fingerprint density at radius 2 is 1.85 bits per heavy atom. The van der Waals surface area contributed by atoms with Gasteiger partial charge in [0.1, 0.15) is 5.75 Å². The van der Waals surface area contributed by atoms with Crippen molar-refractivity contribution >= 4 is 10.9 Å². The van der Waals surface area contributed by atoms with Crippen LogP contribution in [0.3, 0.4) is 0 Å². The number of hydrogen-bond acceptors (Lipinski definition) is 2. The number of ether oxygens (including phenoxy) is 1. The molecule has 0 radical (unpaired) electrons. The fraction of sp³-hybridized carbons (Fsp3) is 0.391. The maximum atomic E-state index is 5.28.